The summed E-state index contributed by atoms with van der Waals surface area (Å²) < 4.78 is 60.6. The maximum Gasteiger partial charge on any atom is 0.435 e. The monoisotopic (exact) mass is 436 g/mol. The molecule has 0 aliphatic carbocycles. The molecular formula is C21H20F4N4O2. The van der Waals surface area contributed by atoms with Gasteiger partial charge >= 0.3 is 6.18 Å². The molecule has 3 rings (SSSR count). The Bertz CT molecular complexity index is 1070. The van der Waals surface area contributed by atoms with Crippen molar-refractivity contribution in [2.45, 2.75) is 20.0 Å². The standard InChI is InChI=1S/C21H20F4N4O2/c1-13-9-14(2)11-17(10-13)31-8-7-28(3)20(30)18-19(21(23,24)25)29(27-26-18)16-6-4-5-15(22)12-16/h4-6,9-12H,7-8H2,1-3H3. The van der Waals surface area contributed by atoms with Gasteiger partial charge in [0.1, 0.15) is 18.2 Å². The molecule has 2 aromatic carbocycles. The summed E-state index contributed by atoms with van der Waals surface area (Å²) in [6.45, 7) is 3.92. The normalized spacial score (nSPS) is 11.5. The topological polar surface area (TPSA) is 60.2 Å². The van der Waals surface area contributed by atoms with E-state index in [0.29, 0.717) is 10.4 Å². The van der Waals surface area contributed by atoms with Crippen LogP contribution in [0.3, 0.4) is 0 Å². The Morgan fingerprint density at radius 2 is 1.81 bits per heavy atom. The fraction of sp³-hybridized carbons (Fsp3) is 0.286. The number of amides is 1. The Labute approximate surface area is 176 Å². The highest BCUT2D eigenvalue weighted by Gasteiger charge is 2.42. The zero-order valence-corrected chi connectivity index (χ0v) is 17.1. The number of benzene rings is 2. The van der Waals surface area contributed by atoms with Gasteiger partial charge in [-0.25, -0.2) is 9.07 Å². The predicted molar refractivity (Wildman–Crippen MR) is 105 cm³/mol. The molecule has 0 saturated carbocycles. The maximum absolute atomic E-state index is 13.7. The SMILES string of the molecule is Cc1cc(C)cc(OCCN(C)C(=O)c2nnn(-c3cccc(F)c3)c2C(F)(F)F)c1. The summed E-state index contributed by atoms with van der Waals surface area (Å²) in [5, 5.41) is 6.88. The quantitative estimate of drug-likeness (QED) is 0.544. The van der Waals surface area contributed by atoms with Crippen LogP contribution in [0.5, 0.6) is 5.75 Å². The number of ether oxygens (including phenoxy) is 1. The van der Waals surface area contributed by atoms with Crippen LogP contribution in [0.4, 0.5) is 17.6 Å². The first-order valence-electron chi connectivity index (χ1n) is 9.31. The zero-order chi connectivity index (χ0) is 22.8. The van der Waals surface area contributed by atoms with Gasteiger partial charge in [-0.2, -0.15) is 13.2 Å². The van der Waals surface area contributed by atoms with Crippen LogP contribution in [0.25, 0.3) is 5.69 Å². The van der Waals surface area contributed by atoms with Gasteiger partial charge in [0.2, 0.25) is 0 Å². The van der Waals surface area contributed by atoms with Crippen LogP contribution < -0.4 is 4.74 Å². The molecule has 0 aliphatic heterocycles. The highest BCUT2D eigenvalue weighted by atomic mass is 19.4. The summed E-state index contributed by atoms with van der Waals surface area (Å²) in [5.41, 5.74) is -0.429. The van der Waals surface area contributed by atoms with Gasteiger partial charge in [0.15, 0.2) is 11.4 Å². The van der Waals surface area contributed by atoms with E-state index in [0.717, 1.165) is 28.2 Å². The number of nitrogens with zero attached hydrogens (tertiary/aromatic N) is 4. The Morgan fingerprint density at radius 1 is 1.13 bits per heavy atom. The number of rotatable bonds is 6. The van der Waals surface area contributed by atoms with Crippen LogP contribution in [0.15, 0.2) is 42.5 Å². The third-order valence-corrected chi connectivity index (χ3v) is 4.43. The van der Waals surface area contributed by atoms with Crippen molar-refractivity contribution in [2.24, 2.45) is 0 Å². The third-order valence-electron chi connectivity index (χ3n) is 4.43. The molecule has 164 valence electrons. The first-order valence-corrected chi connectivity index (χ1v) is 9.31. The van der Waals surface area contributed by atoms with Crippen molar-refractivity contribution >= 4 is 5.91 Å². The highest BCUT2D eigenvalue weighted by molar-refractivity contribution is 5.93. The lowest BCUT2D eigenvalue weighted by Crippen LogP contribution is -2.33. The molecule has 10 heteroatoms. The second-order valence-electron chi connectivity index (χ2n) is 7.07. The molecule has 0 unspecified atom stereocenters. The molecule has 0 spiro atoms. The molecule has 0 aliphatic rings. The number of likely N-dealkylation sites (N-methyl/N-ethyl adjacent to an activating group) is 1. The van der Waals surface area contributed by atoms with E-state index in [1.807, 2.05) is 32.0 Å². The van der Waals surface area contributed by atoms with E-state index in [1.54, 1.807) is 0 Å². The third kappa shape index (κ3) is 5.19. The molecule has 3 aromatic rings. The van der Waals surface area contributed by atoms with Crippen LogP contribution in [-0.2, 0) is 6.18 Å². The van der Waals surface area contributed by atoms with Crippen LogP contribution in [-0.4, -0.2) is 46.0 Å². The summed E-state index contributed by atoms with van der Waals surface area (Å²) in [6, 6.07) is 10.1. The van der Waals surface area contributed by atoms with E-state index in [4.69, 9.17) is 4.74 Å². The molecule has 0 N–H and O–H groups in total. The number of hydrogen-bond acceptors (Lipinski definition) is 4. The van der Waals surface area contributed by atoms with Gasteiger partial charge in [-0.05, 0) is 55.3 Å². The second-order valence-corrected chi connectivity index (χ2v) is 7.07. The summed E-state index contributed by atoms with van der Waals surface area (Å²) in [5.74, 6) is -1.11. The molecule has 0 bridgehead atoms. The zero-order valence-electron chi connectivity index (χ0n) is 17.1. The van der Waals surface area contributed by atoms with E-state index in [9.17, 15) is 22.4 Å². The number of alkyl halides is 3. The first-order chi connectivity index (χ1) is 14.6. The van der Waals surface area contributed by atoms with Crippen LogP contribution in [0, 0.1) is 19.7 Å². The average molecular weight is 436 g/mol. The minimum atomic E-state index is -4.93. The van der Waals surface area contributed by atoms with Crippen molar-refractivity contribution in [2.75, 3.05) is 20.2 Å². The van der Waals surface area contributed by atoms with Gasteiger partial charge in [-0.1, -0.05) is 17.3 Å². The minimum absolute atomic E-state index is 0.0238. The summed E-state index contributed by atoms with van der Waals surface area (Å²) in [4.78, 5) is 13.7. The highest BCUT2D eigenvalue weighted by Crippen LogP contribution is 2.33. The fourth-order valence-corrected chi connectivity index (χ4v) is 3.07. The lowest BCUT2D eigenvalue weighted by molar-refractivity contribution is -0.143. The Balaban J connectivity index is 1.79. The summed E-state index contributed by atoms with van der Waals surface area (Å²) >= 11 is 0. The van der Waals surface area contributed by atoms with Gasteiger partial charge in [-0.15, -0.1) is 5.10 Å². The van der Waals surface area contributed by atoms with Gasteiger partial charge in [0.25, 0.3) is 5.91 Å². The number of halogens is 4. The molecule has 31 heavy (non-hydrogen) atoms. The molecule has 0 saturated heterocycles. The van der Waals surface area contributed by atoms with Crippen LogP contribution >= 0.6 is 0 Å². The molecule has 0 radical (unpaired) electrons. The molecule has 0 atom stereocenters. The molecule has 6 nitrogen and oxygen atoms in total. The predicted octanol–water partition coefficient (Wildman–Crippen LogP) is 4.19. The smallest absolute Gasteiger partial charge is 0.435 e. The molecule has 1 heterocycles. The maximum atomic E-state index is 13.7. The summed E-state index contributed by atoms with van der Waals surface area (Å²) in [6.07, 6.45) is -4.93. The lowest BCUT2D eigenvalue weighted by atomic mass is 10.1. The Kier molecular flexibility index (Phi) is 6.28. The van der Waals surface area contributed by atoms with Crippen LogP contribution in [0.1, 0.15) is 27.3 Å². The summed E-state index contributed by atoms with van der Waals surface area (Å²) in [7, 11) is 1.34. The first kappa shape index (κ1) is 22.3. The number of hydrogen-bond donors (Lipinski definition) is 0. The molecule has 0 fully saturated rings. The number of carbonyl (C=O) groups excluding carboxylic acids is 1. The largest absolute Gasteiger partial charge is 0.492 e. The Hall–Kier alpha value is -3.43. The van der Waals surface area contributed by atoms with E-state index in [1.165, 1.54) is 19.2 Å². The van der Waals surface area contributed by atoms with Crippen molar-refractivity contribution in [1.82, 2.24) is 19.9 Å². The second kappa shape index (κ2) is 8.75. The molecule has 1 aromatic heterocycles. The van der Waals surface area contributed by atoms with E-state index in [2.05, 4.69) is 10.3 Å². The number of aromatic nitrogens is 3. The van der Waals surface area contributed by atoms with E-state index >= 15 is 0 Å². The molecular weight excluding hydrogens is 416 g/mol. The fourth-order valence-electron chi connectivity index (χ4n) is 3.07. The van der Waals surface area contributed by atoms with Gasteiger partial charge in [-0.3, -0.25) is 4.79 Å². The minimum Gasteiger partial charge on any atom is -0.492 e. The van der Waals surface area contributed by atoms with E-state index < -0.39 is 29.3 Å². The van der Waals surface area contributed by atoms with Gasteiger partial charge < -0.3 is 9.64 Å². The number of aryl methyl sites for hydroxylation is 2. The molecule has 1 amide bonds. The van der Waals surface area contributed by atoms with E-state index in [-0.39, 0.29) is 18.8 Å². The van der Waals surface area contributed by atoms with Crippen molar-refractivity contribution in [1.29, 1.82) is 0 Å². The lowest BCUT2D eigenvalue weighted by Gasteiger charge is -2.18. The van der Waals surface area contributed by atoms with Crippen molar-refractivity contribution < 1.29 is 27.1 Å². The van der Waals surface area contributed by atoms with Crippen molar-refractivity contribution in [3.8, 4) is 11.4 Å². The average Bonchev–Trinajstić information content (AvgIpc) is 3.12. The van der Waals surface area contributed by atoms with Gasteiger partial charge in [0, 0.05) is 7.05 Å². The Morgan fingerprint density at radius 3 is 2.42 bits per heavy atom. The van der Waals surface area contributed by atoms with Crippen molar-refractivity contribution in [3.63, 3.8) is 0 Å². The van der Waals surface area contributed by atoms with Crippen LogP contribution in [0.2, 0.25) is 0 Å². The number of carbonyl (C=O) groups is 1. The van der Waals surface area contributed by atoms with Crippen molar-refractivity contribution in [3.05, 3.63) is 70.8 Å². The van der Waals surface area contributed by atoms with Gasteiger partial charge in [0.05, 0.1) is 12.2 Å².